The molecule has 0 radical (unpaired) electrons. The standard InChI is InChI=1S/C13H25N3O2/c1-9(10-7-5-4-6-8-10)15-12(17)13(2,3)11(14)16-18/h9-10,18H,4-8H2,1-3H3,(H2,14,16)(H,15,17). The molecule has 104 valence electrons. The maximum absolute atomic E-state index is 12.1. The van der Waals surface area contributed by atoms with Crippen LogP contribution >= 0.6 is 0 Å². The van der Waals surface area contributed by atoms with Gasteiger partial charge in [0, 0.05) is 6.04 Å². The third kappa shape index (κ3) is 3.37. The largest absolute Gasteiger partial charge is 0.409 e. The SMILES string of the molecule is CC(NC(=O)C(C)(C)/C(N)=N/O)C1CCCCC1. The Morgan fingerprint density at radius 1 is 1.39 bits per heavy atom. The first-order valence-corrected chi connectivity index (χ1v) is 6.68. The Kier molecular flexibility index (Phi) is 4.99. The van der Waals surface area contributed by atoms with E-state index in [1.165, 1.54) is 32.1 Å². The molecule has 0 heterocycles. The van der Waals surface area contributed by atoms with Gasteiger partial charge in [0.05, 0.1) is 0 Å². The second kappa shape index (κ2) is 6.07. The highest BCUT2D eigenvalue weighted by Crippen LogP contribution is 2.27. The zero-order valence-electron chi connectivity index (χ0n) is 11.6. The van der Waals surface area contributed by atoms with Gasteiger partial charge in [-0.05, 0) is 39.5 Å². The van der Waals surface area contributed by atoms with E-state index in [-0.39, 0.29) is 17.8 Å². The van der Waals surface area contributed by atoms with Gasteiger partial charge in [-0.1, -0.05) is 24.4 Å². The Hall–Kier alpha value is -1.26. The van der Waals surface area contributed by atoms with Crippen LogP contribution in [0, 0.1) is 11.3 Å². The van der Waals surface area contributed by atoms with Gasteiger partial charge < -0.3 is 16.3 Å². The van der Waals surface area contributed by atoms with Gasteiger partial charge in [0.15, 0.2) is 5.84 Å². The summed E-state index contributed by atoms with van der Waals surface area (Å²) in [6.07, 6.45) is 6.13. The van der Waals surface area contributed by atoms with E-state index in [9.17, 15) is 4.79 Å². The minimum atomic E-state index is -0.975. The summed E-state index contributed by atoms with van der Waals surface area (Å²) < 4.78 is 0. The van der Waals surface area contributed by atoms with E-state index >= 15 is 0 Å². The molecule has 0 spiro atoms. The van der Waals surface area contributed by atoms with Crippen LogP contribution in [0.25, 0.3) is 0 Å². The smallest absolute Gasteiger partial charge is 0.233 e. The van der Waals surface area contributed by atoms with Crippen LogP contribution in [0.15, 0.2) is 5.16 Å². The first-order valence-electron chi connectivity index (χ1n) is 6.68. The monoisotopic (exact) mass is 255 g/mol. The van der Waals surface area contributed by atoms with Gasteiger partial charge in [-0.3, -0.25) is 4.79 Å². The van der Waals surface area contributed by atoms with Crippen LogP contribution in [0.2, 0.25) is 0 Å². The van der Waals surface area contributed by atoms with Crippen molar-refractivity contribution in [2.75, 3.05) is 0 Å². The number of amidine groups is 1. The quantitative estimate of drug-likeness (QED) is 0.310. The number of rotatable bonds is 4. The van der Waals surface area contributed by atoms with Crippen molar-refractivity contribution in [1.82, 2.24) is 5.32 Å². The Bertz CT molecular complexity index is 320. The number of nitrogens with one attached hydrogen (secondary N) is 1. The maximum atomic E-state index is 12.1. The summed E-state index contributed by atoms with van der Waals surface area (Å²) in [4.78, 5) is 12.1. The lowest BCUT2D eigenvalue weighted by Gasteiger charge is -2.31. The van der Waals surface area contributed by atoms with Crippen molar-refractivity contribution in [3.05, 3.63) is 0 Å². The summed E-state index contributed by atoms with van der Waals surface area (Å²) in [6.45, 7) is 5.35. The van der Waals surface area contributed by atoms with Crippen LogP contribution in [-0.2, 0) is 4.79 Å². The van der Waals surface area contributed by atoms with Crippen molar-refractivity contribution in [2.24, 2.45) is 22.2 Å². The van der Waals surface area contributed by atoms with Crippen molar-refractivity contribution in [3.8, 4) is 0 Å². The van der Waals surface area contributed by atoms with Crippen LogP contribution in [0.5, 0.6) is 0 Å². The van der Waals surface area contributed by atoms with Gasteiger partial charge in [0.25, 0.3) is 0 Å². The molecule has 0 bridgehead atoms. The average molecular weight is 255 g/mol. The summed E-state index contributed by atoms with van der Waals surface area (Å²) in [5.74, 6) is 0.303. The highest BCUT2D eigenvalue weighted by molar-refractivity contribution is 6.05. The average Bonchev–Trinajstić information content (AvgIpc) is 2.38. The highest BCUT2D eigenvalue weighted by Gasteiger charge is 2.34. The van der Waals surface area contributed by atoms with Crippen LogP contribution in [0.1, 0.15) is 52.9 Å². The first kappa shape index (κ1) is 14.8. The molecule has 1 atom stereocenters. The zero-order chi connectivity index (χ0) is 13.8. The van der Waals surface area contributed by atoms with Crippen molar-refractivity contribution in [3.63, 3.8) is 0 Å². The van der Waals surface area contributed by atoms with E-state index in [4.69, 9.17) is 10.9 Å². The van der Waals surface area contributed by atoms with Crippen LogP contribution in [0.3, 0.4) is 0 Å². The molecule has 1 fully saturated rings. The van der Waals surface area contributed by atoms with Gasteiger partial charge in [-0.2, -0.15) is 0 Å². The molecule has 1 rings (SSSR count). The Labute approximate surface area is 109 Å². The van der Waals surface area contributed by atoms with Crippen LogP contribution < -0.4 is 11.1 Å². The van der Waals surface area contributed by atoms with Gasteiger partial charge in [-0.25, -0.2) is 0 Å². The number of nitrogens with zero attached hydrogens (tertiary/aromatic N) is 1. The number of hydrogen-bond donors (Lipinski definition) is 3. The van der Waals surface area contributed by atoms with Crippen LogP contribution in [0.4, 0.5) is 0 Å². The minimum Gasteiger partial charge on any atom is -0.409 e. The molecule has 5 heteroatoms. The summed E-state index contributed by atoms with van der Waals surface area (Å²) >= 11 is 0. The third-order valence-electron chi connectivity index (χ3n) is 4.03. The summed E-state index contributed by atoms with van der Waals surface area (Å²) in [5, 5.41) is 14.6. The topological polar surface area (TPSA) is 87.7 Å². The van der Waals surface area contributed by atoms with E-state index in [2.05, 4.69) is 10.5 Å². The number of carbonyl (C=O) groups excluding carboxylic acids is 1. The summed E-state index contributed by atoms with van der Waals surface area (Å²) in [5.41, 5.74) is 4.57. The lowest BCUT2D eigenvalue weighted by atomic mass is 9.83. The molecule has 18 heavy (non-hydrogen) atoms. The van der Waals surface area contributed by atoms with E-state index < -0.39 is 5.41 Å². The highest BCUT2D eigenvalue weighted by atomic mass is 16.4. The number of oxime groups is 1. The normalized spacial score (nSPS) is 20.5. The molecular formula is C13H25N3O2. The molecule has 1 aliphatic rings. The fourth-order valence-corrected chi connectivity index (χ4v) is 2.38. The van der Waals surface area contributed by atoms with Crippen molar-refractivity contribution < 1.29 is 10.0 Å². The fraction of sp³-hybridized carbons (Fsp3) is 0.846. The molecule has 1 saturated carbocycles. The molecule has 0 aromatic carbocycles. The maximum Gasteiger partial charge on any atom is 0.233 e. The lowest BCUT2D eigenvalue weighted by Crippen LogP contribution is -2.50. The molecule has 0 saturated heterocycles. The molecule has 4 N–H and O–H groups in total. The third-order valence-corrected chi connectivity index (χ3v) is 4.03. The van der Waals surface area contributed by atoms with E-state index in [0.29, 0.717) is 5.92 Å². The second-order valence-electron chi connectivity index (χ2n) is 5.77. The predicted octanol–water partition coefficient (Wildman–Crippen LogP) is 1.84. The zero-order valence-corrected chi connectivity index (χ0v) is 11.6. The van der Waals surface area contributed by atoms with Gasteiger partial charge in [-0.15, -0.1) is 0 Å². The van der Waals surface area contributed by atoms with Crippen molar-refractivity contribution >= 4 is 11.7 Å². The van der Waals surface area contributed by atoms with Gasteiger partial charge in [0.2, 0.25) is 5.91 Å². The fourth-order valence-electron chi connectivity index (χ4n) is 2.38. The Morgan fingerprint density at radius 2 is 1.94 bits per heavy atom. The Morgan fingerprint density at radius 3 is 2.44 bits per heavy atom. The molecule has 0 aromatic heterocycles. The number of hydrogen-bond acceptors (Lipinski definition) is 3. The van der Waals surface area contributed by atoms with Gasteiger partial charge in [0.1, 0.15) is 5.41 Å². The Balaban J connectivity index is 2.58. The van der Waals surface area contributed by atoms with E-state index in [1.807, 2.05) is 6.92 Å². The molecular weight excluding hydrogens is 230 g/mol. The molecule has 1 unspecified atom stereocenters. The van der Waals surface area contributed by atoms with Crippen molar-refractivity contribution in [1.29, 1.82) is 0 Å². The lowest BCUT2D eigenvalue weighted by molar-refractivity contribution is -0.127. The summed E-state index contributed by atoms with van der Waals surface area (Å²) in [6, 6.07) is 0.142. The molecule has 0 aliphatic heterocycles. The molecule has 1 amide bonds. The number of nitrogens with two attached hydrogens (primary N) is 1. The second-order valence-corrected chi connectivity index (χ2v) is 5.77. The number of amides is 1. The number of carbonyl (C=O) groups is 1. The van der Waals surface area contributed by atoms with Crippen LogP contribution in [-0.4, -0.2) is 23.0 Å². The molecule has 0 aromatic rings. The van der Waals surface area contributed by atoms with E-state index in [1.54, 1.807) is 13.8 Å². The van der Waals surface area contributed by atoms with E-state index in [0.717, 1.165) is 0 Å². The van der Waals surface area contributed by atoms with Gasteiger partial charge >= 0.3 is 0 Å². The van der Waals surface area contributed by atoms with Crippen molar-refractivity contribution in [2.45, 2.75) is 58.9 Å². The predicted molar refractivity (Wildman–Crippen MR) is 71.4 cm³/mol. The summed E-state index contributed by atoms with van der Waals surface area (Å²) in [7, 11) is 0. The first-order chi connectivity index (χ1) is 8.39. The minimum absolute atomic E-state index is 0.0594. The molecule has 1 aliphatic carbocycles. The molecule has 5 nitrogen and oxygen atoms in total.